The van der Waals surface area contributed by atoms with Crippen molar-refractivity contribution in [3.05, 3.63) is 0 Å². The number of hydrogen-bond donors (Lipinski definition) is 0. The van der Waals surface area contributed by atoms with E-state index in [1.165, 1.54) is 0 Å². The summed E-state index contributed by atoms with van der Waals surface area (Å²) >= 11 is 0. The van der Waals surface area contributed by atoms with E-state index in [1.807, 2.05) is 0 Å². The van der Waals surface area contributed by atoms with Gasteiger partial charge < -0.3 is 0 Å². The van der Waals surface area contributed by atoms with Crippen LogP contribution in [0.3, 0.4) is 0 Å². The largest absolute Gasteiger partial charge is 0.298 e. The number of alkyl halides is 4. The monoisotopic (exact) mass is 102 g/mol. The molecule has 0 fully saturated rings. The Morgan fingerprint density at radius 1 is 0.667 bits per heavy atom. The Kier molecular flexibility index (Phi) is 1.90. The van der Waals surface area contributed by atoms with Gasteiger partial charge in [0.25, 0.3) is 12.9 Å². The van der Waals surface area contributed by atoms with Gasteiger partial charge in [-0.15, -0.1) is 0 Å². The Balaban J connectivity index is 2.99. The fraction of sp³-hybridized carbons (Fsp3) is 1.00. The summed E-state index contributed by atoms with van der Waals surface area (Å²) in [5.41, 5.74) is 0. The normalized spacial score (nSPS) is 11.0. The summed E-state index contributed by atoms with van der Waals surface area (Å²) in [5, 5.41) is 0. The molecule has 0 heterocycles. The minimum atomic E-state index is -3.48. The van der Waals surface area contributed by atoms with Crippen LogP contribution in [-0.4, -0.2) is 12.9 Å². The smallest absolute Gasteiger partial charge is 0.204 e. The minimum absolute atomic E-state index is 3.48. The van der Waals surface area contributed by atoms with Crippen LogP contribution in [0.4, 0.5) is 17.6 Å². The molecule has 0 aliphatic carbocycles. The molecular formula is C2H2F4. The van der Waals surface area contributed by atoms with Crippen molar-refractivity contribution in [3.8, 4) is 0 Å². The van der Waals surface area contributed by atoms with Crippen molar-refractivity contribution in [2.24, 2.45) is 0 Å². The van der Waals surface area contributed by atoms with Gasteiger partial charge in [0.15, 0.2) is 0 Å². The van der Waals surface area contributed by atoms with E-state index in [4.69, 9.17) is 0 Å². The number of hydrogen-bond acceptors (Lipinski definition) is 0. The standard InChI is InChI=1S/C2H2F4/c3-1(4)2(5)6/h1-2H. The quantitative estimate of drug-likeness (QED) is 0.440. The van der Waals surface area contributed by atoms with E-state index in [-0.39, 0.29) is 0 Å². The Bertz CT molecular complexity index is 26.5. The van der Waals surface area contributed by atoms with Crippen LogP contribution in [-0.2, 0) is 0 Å². The van der Waals surface area contributed by atoms with Crippen molar-refractivity contribution in [2.45, 2.75) is 12.9 Å². The molecule has 0 aliphatic heterocycles. The molecule has 6 heavy (non-hydrogen) atoms. The Hall–Kier alpha value is -0.280. The molecule has 0 aliphatic rings. The molecule has 0 bridgehead atoms. The van der Waals surface area contributed by atoms with Crippen LogP contribution in [0, 0.1) is 0 Å². The van der Waals surface area contributed by atoms with Crippen LogP contribution in [0.15, 0.2) is 0 Å². The Labute approximate surface area is 31.8 Å². The van der Waals surface area contributed by atoms with Crippen LogP contribution >= 0.6 is 0 Å². The van der Waals surface area contributed by atoms with Gasteiger partial charge in [0.05, 0.1) is 0 Å². The fourth-order valence-electron chi connectivity index (χ4n) is 0. The topological polar surface area (TPSA) is 0 Å². The van der Waals surface area contributed by atoms with Gasteiger partial charge in [0.1, 0.15) is 0 Å². The highest BCUT2D eigenvalue weighted by Gasteiger charge is 2.15. The van der Waals surface area contributed by atoms with Gasteiger partial charge in [0.2, 0.25) is 0 Å². The highest BCUT2D eigenvalue weighted by molar-refractivity contribution is 4.35. The molecule has 4 heteroatoms. The lowest BCUT2D eigenvalue weighted by Crippen LogP contribution is -2.02. The molecule has 0 aromatic carbocycles. The van der Waals surface area contributed by atoms with E-state index in [9.17, 15) is 17.6 Å². The van der Waals surface area contributed by atoms with E-state index >= 15 is 0 Å². The van der Waals surface area contributed by atoms with E-state index < -0.39 is 12.9 Å². The molecular weight excluding hydrogens is 100 g/mol. The van der Waals surface area contributed by atoms with Crippen LogP contribution in [0.1, 0.15) is 0 Å². The van der Waals surface area contributed by atoms with Gasteiger partial charge in [-0.05, 0) is 0 Å². The average molecular weight is 102 g/mol. The van der Waals surface area contributed by atoms with E-state index in [2.05, 4.69) is 0 Å². The third-order valence-electron chi connectivity index (χ3n) is 0.190. The van der Waals surface area contributed by atoms with Gasteiger partial charge in [-0.1, -0.05) is 0 Å². The first-order valence-electron chi connectivity index (χ1n) is 1.21. The third-order valence-corrected chi connectivity index (χ3v) is 0.190. The predicted molar refractivity (Wildman–Crippen MR) is 12.0 cm³/mol. The zero-order valence-corrected chi connectivity index (χ0v) is 2.67. The molecule has 0 saturated heterocycles. The summed E-state index contributed by atoms with van der Waals surface area (Å²) in [6.07, 6.45) is -6.96. The summed E-state index contributed by atoms with van der Waals surface area (Å²) < 4.78 is 41.6. The SMILES string of the molecule is FC(F)C(F)F. The Morgan fingerprint density at radius 3 is 0.833 bits per heavy atom. The highest BCUT2D eigenvalue weighted by atomic mass is 19.3. The highest BCUT2D eigenvalue weighted by Crippen LogP contribution is 2.04. The first-order valence-corrected chi connectivity index (χ1v) is 1.21. The molecule has 0 atom stereocenters. The van der Waals surface area contributed by atoms with Crippen LogP contribution in [0.25, 0.3) is 0 Å². The maximum absolute atomic E-state index is 10.4. The van der Waals surface area contributed by atoms with Crippen molar-refractivity contribution in [1.29, 1.82) is 0 Å². The van der Waals surface area contributed by atoms with E-state index in [0.717, 1.165) is 0 Å². The van der Waals surface area contributed by atoms with Crippen LogP contribution in [0.5, 0.6) is 0 Å². The lowest BCUT2D eigenvalue weighted by molar-refractivity contribution is -0.0278. The van der Waals surface area contributed by atoms with Crippen molar-refractivity contribution in [2.75, 3.05) is 0 Å². The second-order valence-electron chi connectivity index (χ2n) is 0.669. The number of halogens is 4. The van der Waals surface area contributed by atoms with Crippen LogP contribution in [0.2, 0.25) is 0 Å². The zero-order chi connectivity index (χ0) is 5.15. The zero-order valence-electron chi connectivity index (χ0n) is 2.67. The van der Waals surface area contributed by atoms with Gasteiger partial charge in [-0.25, -0.2) is 17.6 Å². The average Bonchev–Trinajstić information content (AvgIpc) is 1.36. The van der Waals surface area contributed by atoms with Gasteiger partial charge in [-0.3, -0.25) is 0 Å². The summed E-state index contributed by atoms with van der Waals surface area (Å²) in [6, 6.07) is 0. The van der Waals surface area contributed by atoms with Gasteiger partial charge in [0, 0.05) is 0 Å². The molecule has 0 N–H and O–H groups in total. The molecule has 0 aromatic rings. The summed E-state index contributed by atoms with van der Waals surface area (Å²) in [6.45, 7) is 0. The molecule has 0 nitrogen and oxygen atoms in total. The first kappa shape index (κ1) is 5.72. The first-order chi connectivity index (χ1) is 2.64. The lowest BCUT2D eigenvalue weighted by Gasteiger charge is -1.89. The van der Waals surface area contributed by atoms with Crippen molar-refractivity contribution < 1.29 is 17.6 Å². The molecule has 0 amide bonds. The Morgan fingerprint density at radius 2 is 0.833 bits per heavy atom. The maximum atomic E-state index is 10.4. The predicted octanol–water partition coefficient (Wildman–Crippen LogP) is 1.52. The minimum Gasteiger partial charge on any atom is -0.204 e. The van der Waals surface area contributed by atoms with Crippen molar-refractivity contribution in [3.63, 3.8) is 0 Å². The maximum Gasteiger partial charge on any atom is 0.298 e. The third kappa shape index (κ3) is 1.99. The van der Waals surface area contributed by atoms with Gasteiger partial charge >= 0.3 is 0 Å². The molecule has 0 radical (unpaired) electrons. The summed E-state index contributed by atoms with van der Waals surface area (Å²) in [4.78, 5) is 0. The van der Waals surface area contributed by atoms with Gasteiger partial charge in [-0.2, -0.15) is 0 Å². The molecule has 38 valence electrons. The van der Waals surface area contributed by atoms with Crippen LogP contribution < -0.4 is 0 Å². The van der Waals surface area contributed by atoms with Crippen molar-refractivity contribution >= 4 is 0 Å². The molecule has 0 saturated carbocycles. The van der Waals surface area contributed by atoms with E-state index in [0.29, 0.717) is 0 Å². The molecule has 0 unspecified atom stereocenters. The van der Waals surface area contributed by atoms with Crippen molar-refractivity contribution in [1.82, 2.24) is 0 Å². The molecule has 0 spiro atoms. The fourth-order valence-corrected chi connectivity index (χ4v) is 0. The summed E-state index contributed by atoms with van der Waals surface area (Å²) in [7, 11) is 0. The number of rotatable bonds is 1. The molecule has 0 aromatic heterocycles. The summed E-state index contributed by atoms with van der Waals surface area (Å²) in [5.74, 6) is 0. The van der Waals surface area contributed by atoms with E-state index in [1.54, 1.807) is 0 Å². The second-order valence-corrected chi connectivity index (χ2v) is 0.669. The molecule has 0 rings (SSSR count). The second kappa shape index (κ2) is 2.00. The lowest BCUT2D eigenvalue weighted by atomic mass is 10.8.